The topological polar surface area (TPSA) is 50.9 Å². The number of nitrogens with zero attached hydrogens (tertiary/aromatic N) is 3. The smallest absolute Gasteiger partial charge is 0.100 e. The van der Waals surface area contributed by atoms with E-state index in [1.54, 1.807) is 17.1 Å². The van der Waals surface area contributed by atoms with E-state index in [0.717, 1.165) is 23.2 Å². The molecule has 0 aliphatic heterocycles. The van der Waals surface area contributed by atoms with E-state index in [2.05, 4.69) is 17.0 Å². The van der Waals surface area contributed by atoms with Crippen molar-refractivity contribution >= 4 is 0 Å². The Balaban J connectivity index is 2.16. The van der Waals surface area contributed by atoms with Crippen molar-refractivity contribution in [1.29, 1.82) is 0 Å². The van der Waals surface area contributed by atoms with E-state index < -0.39 is 6.10 Å². The van der Waals surface area contributed by atoms with Gasteiger partial charge in [-0.1, -0.05) is 13.0 Å². The summed E-state index contributed by atoms with van der Waals surface area (Å²) >= 11 is 0. The van der Waals surface area contributed by atoms with E-state index in [-0.39, 0.29) is 0 Å². The number of aliphatic hydroxyl groups is 1. The summed E-state index contributed by atoms with van der Waals surface area (Å²) in [4.78, 5) is 4.28. The van der Waals surface area contributed by atoms with Crippen molar-refractivity contribution in [3.8, 4) is 0 Å². The first-order chi connectivity index (χ1) is 8.20. The average Bonchev–Trinajstić information content (AvgIpc) is 2.74. The van der Waals surface area contributed by atoms with Gasteiger partial charge in [0.25, 0.3) is 0 Å². The van der Waals surface area contributed by atoms with Gasteiger partial charge in [0.2, 0.25) is 0 Å². The summed E-state index contributed by atoms with van der Waals surface area (Å²) in [6.45, 7) is 2.07. The van der Waals surface area contributed by atoms with Crippen LogP contribution < -0.4 is 0 Å². The maximum Gasteiger partial charge on any atom is 0.100 e. The van der Waals surface area contributed by atoms with Crippen LogP contribution in [0, 0.1) is 0 Å². The lowest BCUT2D eigenvalue weighted by Gasteiger charge is -2.12. The fourth-order valence-electron chi connectivity index (χ4n) is 1.95. The van der Waals surface area contributed by atoms with Crippen LogP contribution in [0.3, 0.4) is 0 Å². The molecular formula is C13H17N3O. The standard InChI is InChI=1S/C13H17N3O/c1-3-11-5-4-6-14-13(11)12(17)7-10-8-15-16(2)9-10/h4-6,8-9,12,17H,3,7H2,1-2H3. The Morgan fingerprint density at radius 2 is 2.29 bits per heavy atom. The van der Waals surface area contributed by atoms with Crippen LogP contribution in [0.5, 0.6) is 0 Å². The molecule has 90 valence electrons. The van der Waals surface area contributed by atoms with Crippen molar-refractivity contribution < 1.29 is 5.11 Å². The highest BCUT2D eigenvalue weighted by molar-refractivity contribution is 5.23. The summed E-state index contributed by atoms with van der Waals surface area (Å²) in [6, 6.07) is 3.91. The summed E-state index contributed by atoms with van der Waals surface area (Å²) < 4.78 is 1.74. The van der Waals surface area contributed by atoms with Gasteiger partial charge in [0, 0.05) is 25.9 Å². The maximum absolute atomic E-state index is 10.2. The molecule has 0 saturated heterocycles. The zero-order valence-electron chi connectivity index (χ0n) is 10.2. The highest BCUT2D eigenvalue weighted by atomic mass is 16.3. The van der Waals surface area contributed by atoms with Gasteiger partial charge in [-0.15, -0.1) is 0 Å². The van der Waals surface area contributed by atoms with Gasteiger partial charge in [-0.3, -0.25) is 9.67 Å². The zero-order chi connectivity index (χ0) is 12.3. The van der Waals surface area contributed by atoms with E-state index in [1.807, 2.05) is 25.4 Å². The highest BCUT2D eigenvalue weighted by Crippen LogP contribution is 2.19. The van der Waals surface area contributed by atoms with Crippen molar-refractivity contribution in [2.24, 2.45) is 7.05 Å². The van der Waals surface area contributed by atoms with Gasteiger partial charge in [0.05, 0.1) is 11.9 Å². The van der Waals surface area contributed by atoms with E-state index in [0.29, 0.717) is 6.42 Å². The van der Waals surface area contributed by atoms with Gasteiger partial charge in [-0.2, -0.15) is 5.10 Å². The number of hydrogen-bond donors (Lipinski definition) is 1. The van der Waals surface area contributed by atoms with Crippen LogP contribution in [-0.2, 0) is 19.9 Å². The number of aromatic nitrogens is 3. The van der Waals surface area contributed by atoms with E-state index in [9.17, 15) is 5.11 Å². The molecule has 1 atom stereocenters. The summed E-state index contributed by atoms with van der Waals surface area (Å²) in [7, 11) is 1.87. The van der Waals surface area contributed by atoms with Crippen LogP contribution in [0.25, 0.3) is 0 Å². The van der Waals surface area contributed by atoms with Crippen LogP contribution in [0.15, 0.2) is 30.7 Å². The second kappa shape index (κ2) is 5.10. The molecule has 2 aromatic heterocycles. The predicted octanol–water partition coefficient (Wildman–Crippen LogP) is 1.65. The fourth-order valence-corrected chi connectivity index (χ4v) is 1.95. The highest BCUT2D eigenvalue weighted by Gasteiger charge is 2.14. The lowest BCUT2D eigenvalue weighted by molar-refractivity contribution is 0.172. The Hall–Kier alpha value is -1.68. The zero-order valence-corrected chi connectivity index (χ0v) is 10.2. The first-order valence-electron chi connectivity index (χ1n) is 5.80. The third-order valence-electron chi connectivity index (χ3n) is 2.81. The van der Waals surface area contributed by atoms with Crippen LogP contribution in [0.2, 0.25) is 0 Å². The molecule has 0 radical (unpaired) electrons. The molecule has 17 heavy (non-hydrogen) atoms. The Bertz CT molecular complexity index is 493. The van der Waals surface area contributed by atoms with Crippen LogP contribution >= 0.6 is 0 Å². The Labute approximate surface area is 101 Å². The van der Waals surface area contributed by atoms with Gasteiger partial charge in [-0.05, 0) is 23.6 Å². The van der Waals surface area contributed by atoms with Gasteiger partial charge >= 0.3 is 0 Å². The van der Waals surface area contributed by atoms with Gasteiger partial charge in [-0.25, -0.2) is 0 Å². The summed E-state index contributed by atoms with van der Waals surface area (Å²) in [5.41, 5.74) is 2.90. The molecule has 1 unspecified atom stereocenters. The largest absolute Gasteiger partial charge is 0.386 e. The number of aliphatic hydroxyl groups excluding tert-OH is 1. The average molecular weight is 231 g/mol. The molecule has 4 heteroatoms. The minimum atomic E-state index is -0.560. The molecule has 0 spiro atoms. The molecule has 0 fully saturated rings. The van der Waals surface area contributed by atoms with Gasteiger partial charge < -0.3 is 5.11 Å². The third-order valence-corrected chi connectivity index (χ3v) is 2.81. The predicted molar refractivity (Wildman–Crippen MR) is 65.5 cm³/mol. The molecule has 0 amide bonds. The molecule has 0 aliphatic rings. The van der Waals surface area contributed by atoms with Crippen LogP contribution in [-0.4, -0.2) is 19.9 Å². The molecule has 1 N–H and O–H groups in total. The molecule has 0 saturated carbocycles. The van der Waals surface area contributed by atoms with E-state index in [1.165, 1.54) is 0 Å². The summed E-state index contributed by atoms with van der Waals surface area (Å²) in [6.07, 6.45) is 6.29. The quantitative estimate of drug-likeness (QED) is 0.870. The second-order valence-corrected chi connectivity index (χ2v) is 4.14. The monoisotopic (exact) mass is 231 g/mol. The SMILES string of the molecule is CCc1cccnc1C(O)Cc1cnn(C)c1. The van der Waals surface area contributed by atoms with Crippen molar-refractivity contribution in [3.63, 3.8) is 0 Å². The molecule has 0 aliphatic carbocycles. The van der Waals surface area contributed by atoms with Crippen molar-refractivity contribution in [2.75, 3.05) is 0 Å². The van der Waals surface area contributed by atoms with E-state index in [4.69, 9.17) is 0 Å². The maximum atomic E-state index is 10.2. The van der Waals surface area contributed by atoms with Gasteiger partial charge in [0.15, 0.2) is 0 Å². The third kappa shape index (κ3) is 2.71. The Morgan fingerprint density at radius 3 is 2.94 bits per heavy atom. The lowest BCUT2D eigenvalue weighted by atomic mass is 10.0. The minimum absolute atomic E-state index is 0.553. The Kier molecular flexibility index (Phi) is 3.54. The Morgan fingerprint density at radius 1 is 1.47 bits per heavy atom. The fraction of sp³-hybridized carbons (Fsp3) is 0.385. The number of pyridine rings is 1. The molecular weight excluding hydrogens is 214 g/mol. The summed E-state index contributed by atoms with van der Waals surface area (Å²) in [5, 5.41) is 14.3. The lowest BCUT2D eigenvalue weighted by Crippen LogP contribution is -2.07. The first kappa shape index (κ1) is 11.8. The molecule has 2 rings (SSSR count). The van der Waals surface area contributed by atoms with Crippen molar-refractivity contribution in [1.82, 2.24) is 14.8 Å². The van der Waals surface area contributed by atoms with Crippen molar-refractivity contribution in [2.45, 2.75) is 25.9 Å². The van der Waals surface area contributed by atoms with E-state index >= 15 is 0 Å². The molecule has 2 heterocycles. The number of hydrogen-bond acceptors (Lipinski definition) is 3. The molecule has 0 bridgehead atoms. The molecule has 4 nitrogen and oxygen atoms in total. The molecule has 0 aromatic carbocycles. The van der Waals surface area contributed by atoms with Gasteiger partial charge in [0.1, 0.15) is 6.10 Å². The van der Waals surface area contributed by atoms with Crippen LogP contribution in [0.4, 0.5) is 0 Å². The van der Waals surface area contributed by atoms with Crippen LogP contribution in [0.1, 0.15) is 29.8 Å². The normalized spacial score (nSPS) is 12.6. The first-order valence-corrected chi connectivity index (χ1v) is 5.80. The summed E-state index contributed by atoms with van der Waals surface area (Å²) in [5.74, 6) is 0. The molecule has 2 aromatic rings. The van der Waals surface area contributed by atoms with Crippen molar-refractivity contribution in [3.05, 3.63) is 47.5 Å². The minimum Gasteiger partial charge on any atom is -0.386 e. The second-order valence-electron chi connectivity index (χ2n) is 4.14. The number of aryl methyl sites for hydroxylation is 2. The number of rotatable bonds is 4.